The normalized spacial score (nSPS) is 18.1. The van der Waals surface area contributed by atoms with Crippen LogP contribution in [0.25, 0.3) is 0 Å². The van der Waals surface area contributed by atoms with E-state index in [0.717, 1.165) is 36.1 Å². The van der Waals surface area contributed by atoms with Crippen molar-refractivity contribution in [2.45, 2.75) is 50.9 Å². The predicted molar refractivity (Wildman–Crippen MR) is 146 cm³/mol. The van der Waals surface area contributed by atoms with Gasteiger partial charge in [0.15, 0.2) is 5.78 Å². The number of carbonyl (C=O) groups excluding carboxylic acids is 1. The van der Waals surface area contributed by atoms with E-state index in [1.165, 1.54) is 23.5 Å². The van der Waals surface area contributed by atoms with Gasteiger partial charge >= 0.3 is 0 Å². The second kappa shape index (κ2) is 9.22. The highest BCUT2D eigenvalue weighted by Gasteiger charge is 2.44. The lowest BCUT2D eigenvalue weighted by Crippen LogP contribution is -2.34. The van der Waals surface area contributed by atoms with Crippen LogP contribution < -0.4 is 16.4 Å². The van der Waals surface area contributed by atoms with Crippen LogP contribution in [0.15, 0.2) is 35.5 Å². The van der Waals surface area contributed by atoms with E-state index in [4.69, 9.17) is 11.5 Å². The third-order valence-electron chi connectivity index (χ3n) is 7.76. The number of Topliss-reactive ketones (excluding diaryl/α,β-unsaturated/α-hetero) is 1. The van der Waals surface area contributed by atoms with E-state index in [2.05, 4.69) is 11.1 Å². The first-order valence-electron chi connectivity index (χ1n) is 12.7. The smallest absolute Gasteiger partial charge is 0.269 e. The topological polar surface area (TPSA) is 176 Å². The highest BCUT2D eigenvalue weighted by Crippen LogP contribution is 2.55. The van der Waals surface area contributed by atoms with Crippen LogP contribution in [-0.4, -0.2) is 15.7 Å². The molecule has 0 radical (unpaired) electrons. The minimum Gasteiger partial charge on any atom is -0.397 e. The fourth-order valence-corrected chi connectivity index (χ4v) is 7.43. The number of hydrogen-bond donors (Lipinski definition) is 2. The predicted octanol–water partition coefficient (Wildman–Crippen LogP) is 5.13. The number of nitro benzene ring substituents is 1. The number of nitrogens with two attached hydrogens (primary N) is 2. The molecule has 194 valence electrons. The maximum atomic E-state index is 13.7. The number of ketones is 1. The molecule has 1 aliphatic heterocycles. The van der Waals surface area contributed by atoms with Crippen molar-refractivity contribution < 1.29 is 9.72 Å². The Labute approximate surface area is 227 Å². The van der Waals surface area contributed by atoms with Crippen molar-refractivity contribution in [3.8, 4) is 12.1 Å². The number of fused-ring (bicyclic) bond motifs is 2. The molecule has 1 unspecified atom stereocenters. The average molecular weight is 538 g/mol. The van der Waals surface area contributed by atoms with Crippen LogP contribution in [0.5, 0.6) is 0 Å². The standard InChI is InChI=1S/C28H23N7O3S/c29-12-17-16-7-1-2-10-21(16)39-28(17)34-19-8-4-9-20(36)23(19)22(14-5-3-6-15(11-14)35(37)38)24-25(31)18(13-30)26(32)33-27(24)34/h3,5-6,11,22H,1-2,4,7-10H2,(H4,31,32,33). The van der Waals surface area contributed by atoms with Gasteiger partial charge in [0.1, 0.15) is 34.3 Å². The zero-order valence-electron chi connectivity index (χ0n) is 20.9. The van der Waals surface area contributed by atoms with Crippen molar-refractivity contribution >= 4 is 45.1 Å². The van der Waals surface area contributed by atoms with Crippen LogP contribution in [0.3, 0.4) is 0 Å². The molecule has 4 N–H and O–H groups in total. The van der Waals surface area contributed by atoms with Gasteiger partial charge in [-0.2, -0.15) is 10.5 Å². The second-order valence-electron chi connectivity index (χ2n) is 9.90. The highest BCUT2D eigenvalue weighted by atomic mass is 32.1. The lowest BCUT2D eigenvalue weighted by molar-refractivity contribution is -0.384. The molecule has 3 aromatic rings. The maximum absolute atomic E-state index is 13.7. The summed E-state index contributed by atoms with van der Waals surface area (Å²) in [6.07, 6.45) is 5.19. The summed E-state index contributed by atoms with van der Waals surface area (Å²) in [6, 6.07) is 10.5. The lowest BCUT2D eigenvalue weighted by Gasteiger charge is -2.40. The Bertz CT molecular complexity index is 1710. The van der Waals surface area contributed by atoms with Crippen molar-refractivity contribution in [3.05, 3.63) is 78.3 Å². The Morgan fingerprint density at radius 1 is 1.08 bits per heavy atom. The molecule has 0 saturated carbocycles. The van der Waals surface area contributed by atoms with E-state index < -0.39 is 10.8 Å². The minimum absolute atomic E-state index is 0.0116. The van der Waals surface area contributed by atoms with E-state index in [-0.39, 0.29) is 28.5 Å². The van der Waals surface area contributed by atoms with Crippen molar-refractivity contribution in [1.82, 2.24) is 4.98 Å². The zero-order valence-corrected chi connectivity index (χ0v) is 21.7. The monoisotopic (exact) mass is 537 g/mol. The molecule has 0 amide bonds. The molecule has 2 aromatic heterocycles. The lowest BCUT2D eigenvalue weighted by atomic mass is 9.74. The minimum atomic E-state index is -0.778. The van der Waals surface area contributed by atoms with Gasteiger partial charge in [0, 0.05) is 46.2 Å². The second-order valence-corrected chi connectivity index (χ2v) is 11.0. The number of non-ortho nitro benzene ring substituents is 1. The van der Waals surface area contributed by atoms with Gasteiger partial charge in [-0.15, -0.1) is 11.3 Å². The number of nitrogen functional groups attached to an aromatic ring is 2. The largest absolute Gasteiger partial charge is 0.397 e. The van der Waals surface area contributed by atoms with E-state index in [1.807, 2.05) is 11.0 Å². The summed E-state index contributed by atoms with van der Waals surface area (Å²) in [5.74, 6) is -0.580. The number of nitrogens with zero attached hydrogens (tertiary/aromatic N) is 5. The number of benzene rings is 1. The number of thiophene rings is 1. The van der Waals surface area contributed by atoms with Crippen LogP contribution in [0.2, 0.25) is 0 Å². The summed E-state index contributed by atoms with van der Waals surface area (Å²) in [4.78, 5) is 32.5. The number of hydrogen-bond acceptors (Lipinski definition) is 10. The van der Waals surface area contributed by atoms with Gasteiger partial charge in [-0.25, -0.2) is 4.98 Å². The molecule has 0 fully saturated rings. The van der Waals surface area contributed by atoms with Crippen molar-refractivity contribution in [3.63, 3.8) is 0 Å². The van der Waals surface area contributed by atoms with Crippen LogP contribution in [0, 0.1) is 32.8 Å². The molecule has 2 aliphatic carbocycles. The first kappa shape index (κ1) is 24.6. The van der Waals surface area contributed by atoms with Crippen LogP contribution in [0.4, 0.5) is 28.0 Å². The van der Waals surface area contributed by atoms with E-state index >= 15 is 0 Å². The average Bonchev–Trinajstić information content (AvgIpc) is 3.30. The fraction of sp³-hybridized carbons (Fsp3) is 0.286. The number of anilines is 4. The molecule has 0 spiro atoms. The Hall–Kier alpha value is -4.74. The van der Waals surface area contributed by atoms with Gasteiger partial charge in [0.2, 0.25) is 0 Å². The SMILES string of the molecule is N#Cc1c(N)nc2c(c1N)C(c1cccc([N+](=O)[O-])c1)C1=C(CCCC1=O)N2c1sc2c(c1C#N)CCCC2. The van der Waals surface area contributed by atoms with Crippen molar-refractivity contribution in [1.29, 1.82) is 10.5 Å². The molecule has 3 heterocycles. The van der Waals surface area contributed by atoms with Gasteiger partial charge in [0.25, 0.3) is 5.69 Å². The van der Waals surface area contributed by atoms with Crippen LogP contribution in [0.1, 0.15) is 70.7 Å². The summed E-state index contributed by atoms with van der Waals surface area (Å²) in [6.45, 7) is 0. The summed E-state index contributed by atoms with van der Waals surface area (Å²) in [5, 5.41) is 32.4. The zero-order chi connectivity index (χ0) is 27.4. The molecule has 1 atom stereocenters. The molecular formula is C28H23N7O3S. The molecular weight excluding hydrogens is 514 g/mol. The maximum Gasteiger partial charge on any atom is 0.269 e. The first-order valence-corrected chi connectivity index (χ1v) is 13.5. The number of nitriles is 2. The molecule has 11 heteroatoms. The van der Waals surface area contributed by atoms with Gasteiger partial charge < -0.3 is 11.5 Å². The summed E-state index contributed by atoms with van der Waals surface area (Å²) >= 11 is 1.52. The van der Waals surface area contributed by atoms with E-state index in [9.17, 15) is 25.4 Å². The van der Waals surface area contributed by atoms with Crippen LogP contribution >= 0.6 is 11.3 Å². The Morgan fingerprint density at radius 3 is 2.59 bits per heavy atom. The number of rotatable bonds is 3. The number of allylic oxidation sites excluding steroid dienone is 2. The number of pyridine rings is 1. The highest BCUT2D eigenvalue weighted by molar-refractivity contribution is 7.16. The van der Waals surface area contributed by atoms with E-state index in [1.54, 1.807) is 12.1 Å². The summed E-state index contributed by atoms with van der Waals surface area (Å²) in [5.41, 5.74) is 16.4. The van der Waals surface area contributed by atoms with Gasteiger partial charge in [-0.05, 0) is 49.7 Å². The number of carbonyl (C=O) groups is 1. The van der Waals surface area contributed by atoms with Gasteiger partial charge in [-0.1, -0.05) is 12.1 Å². The van der Waals surface area contributed by atoms with Gasteiger partial charge in [-0.3, -0.25) is 19.8 Å². The Kier molecular flexibility index (Phi) is 5.82. The molecule has 0 bridgehead atoms. The van der Waals surface area contributed by atoms with E-state index in [0.29, 0.717) is 58.0 Å². The van der Waals surface area contributed by atoms with Crippen molar-refractivity contribution in [2.75, 3.05) is 16.4 Å². The molecule has 0 saturated heterocycles. The Balaban J connectivity index is 1.72. The van der Waals surface area contributed by atoms with Gasteiger partial charge in [0.05, 0.1) is 16.2 Å². The molecule has 39 heavy (non-hydrogen) atoms. The quantitative estimate of drug-likeness (QED) is 0.339. The molecule has 6 rings (SSSR count). The molecule has 10 nitrogen and oxygen atoms in total. The van der Waals surface area contributed by atoms with Crippen molar-refractivity contribution in [2.24, 2.45) is 0 Å². The third-order valence-corrected chi connectivity index (χ3v) is 9.04. The molecule has 1 aromatic carbocycles. The summed E-state index contributed by atoms with van der Waals surface area (Å²) < 4.78 is 0. The number of aryl methyl sites for hydroxylation is 1. The number of aromatic nitrogens is 1. The summed E-state index contributed by atoms with van der Waals surface area (Å²) in [7, 11) is 0. The molecule has 3 aliphatic rings. The Morgan fingerprint density at radius 2 is 1.85 bits per heavy atom. The fourth-order valence-electron chi connectivity index (χ4n) is 6.07. The third kappa shape index (κ3) is 3.66. The number of nitro groups is 1. The first-order chi connectivity index (χ1) is 18.8. The van der Waals surface area contributed by atoms with Crippen LogP contribution in [-0.2, 0) is 17.6 Å².